The van der Waals surface area contributed by atoms with Crippen LogP contribution in [0.1, 0.15) is 63.4 Å². The smallest absolute Gasteiger partial charge is 0.219 e. The number of tetrazole rings is 1. The van der Waals surface area contributed by atoms with E-state index < -0.39 is 0 Å². The molecule has 0 unspecified atom stereocenters. The number of hydrogen-bond donors (Lipinski definition) is 0. The van der Waals surface area contributed by atoms with E-state index in [0.29, 0.717) is 17.6 Å². The second-order valence-corrected chi connectivity index (χ2v) is 7.10. The van der Waals surface area contributed by atoms with Gasteiger partial charge in [0.25, 0.3) is 0 Å². The van der Waals surface area contributed by atoms with E-state index in [1.807, 2.05) is 39.8 Å². The minimum absolute atomic E-state index is 0.175. The number of benzene rings is 1. The van der Waals surface area contributed by atoms with Crippen LogP contribution in [-0.4, -0.2) is 37.5 Å². The molecule has 2 heterocycles. The van der Waals surface area contributed by atoms with Crippen molar-refractivity contribution >= 4 is 0 Å². The number of hydrogen-bond acceptors (Lipinski definition) is 7. The highest BCUT2D eigenvalue weighted by Crippen LogP contribution is 2.26. The van der Waals surface area contributed by atoms with E-state index in [4.69, 9.17) is 9.15 Å². The van der Waals surface area contributed by atoms with Crippen LogP contribution in [0.25, 0.3) is 11.4 Å². The second kappa shape index (κ2) is 8.28. The molecule has 0 atom stereocenters. The number of rotatable bonds is 8. The van der Waals surface area contributed by atoms with Crippen molar-refractivity contribution in [2.75, 3.05) is 7.11 Å². The molecule has 0 aliphatic rings. The molecule has 3 rings (SSSR count). The Morgan fingerprint density at radius 3 is 2.52 bits per heavy atom. The van der Waals surface area contributed by atoms with Crippen molar-refractivity contribution in [3.05, 3.63) is 35.5 Å². The summed E-state index contributed by atoms with van der Waals surface area (Å²) in [5, 5.41) is 20.9. The normalized spacial score (nSPS) is 11.5. The van der Waals surface area contributed by atoms with Gasteiger partial charge in [-0.15, -0.1) is 20.4 Å². The summed E-state index contributed by atoms with van der Waals surface area (Å²) in [7, 11) is 1.68. The van der Waals surface area contributed by atoms with E-state index in [9.17, 15) is 0 Å². The molecule has 8 nitrogen and oxygen atoms in total. The highest BCUT2D eigenvalue weighted by atomic mass is 16.5. The van der Waals surface area contributed by atoms with Crippen LogP contribution in [-0.2, 0) is 12.8 Å². The molecule has 0 radical (unpaired) electrons. The highest BCUT2D eigenvalue weighted by Gasteiger charge is 2.13. The van der Waals surface area contributed by atoms with Crippen molar-refractivity contribution in [3.8, 4) is 17.1 Å². The van der Waals surface area contributed by atoms with Gasteiger partial charge in [-0.2, -0.15) is 4.80 Å². The minimum Gasteiger partial charge on any atom is -0.496 e. The van der Waals surface area contributed by atoms with Crippen molar-refractivity contribution in [1.29, 1.82) is 0 Å². The van der Waals surface area contributed by atoms with Crippen LogP contribution >= 0.6 is 0 Å². The largest absolute Gasteiger partial charge is 0.496 e. The lowest BCUT2D eigenvalue weighted by Gasteiger charge is -2.09. The lowest BCUT2D eigenvalue weighted by Crippen LogP contribution is -2.04. The van der Waals surface area contributed by atoms with Gasteiger partial charge >= 0.3 is 0 Å². The van der Waals surface area contributed by atoms with Gasteiger partial charge in [-0.1, -0.05) is 13.8 Å². The first-order valence-electron chi connectivity index (χ1n) is 9.27. The van der Waals surface area contributed by atoms with E-state index in [2.05, 4.69) is 31.7 Å². The van der Waals surface area contributed by atoms with Gasteiger partial charge in [0.05, 0.1) is 13.2 Å². The van der Waals surface area contributed by atoms with Gasteiger partial charge in [-0.25, -0.2) is 0 Å². The Morgan fingerprint density at radius 1 is 1.07 bits per heavy atom. The summed E-state index contributed by atoms with van der Waals surface area (Å²) in [6.45, 7) is 8.12. The van der Waals surface area contributed by atoms with Crippen molar-refractivity contribution in [3.63, 3.8) is 0 Å². The lowest BCUT2D eigenvalue weighted by atomic mass is 10.0. The molecular formula is C19H26N6O2. The van der Waals surface area contributed by atoms with Crippen LogP contribution in [0.2, 0.25) is 0 Å². The molecule has 3 aromatic rings. The third-order valence-corrected chi connectivity index (χ3v) is 4.24. The molecule has 144 valence electrons. The summed E-state index contributed by atoms with van der Waals surface area (Å²) in [4.78, 5) is 1.61. The summed E-state index contributed by atoms with van der Waals surface area (Å²) in [5.74, 6) is 3.07. The fraction of sp³-hybridized carbons (Fsp3) is 0.526. The van der Waals surface area contributed by atoms with Gasteiger partial charge in [0, 0.05) is 17.9 Å². The van der Waals surface area contributed by atoms with E-state index in [1.165, 1.54) is 0 Å². The molecule has 0 aliphatic heterocycles. The van der Waals surface area contributed by atoms with Crippen LogP contribution in [0.3, 0.4) is 0 Å². The molecule has 0 spiro atoms. The van der Waals surface area contributed by atoms with Crippen LogP contribution in [0.15, 0.2) is 22.6 Å². The molecule has 0 aliphatic carbocycles. The minimum atomic E-state index is 0.175. The first-order valence-corrected chi connectivity index (χ1v) is 9.27. The van der Waals surface area contributed by atoms with Crippen molar-refractivity contribution in [1.82, 2.24) is 30.4 Å². The Bertz CT molecular complexity index is 884. The average molecular weight is 370 g/mol. The molecule has 8 heteroatoms. The van der Waals surface area contributed by atoms with Crippen molar-refractivity contribution < 1.29 is 9.15 Å². The third-order valence-electron chi connectivity index (χ3n) is 4.24. The Labute approximate surface area is 158 Å². The van der Waals surface area contributed by atoms with Crippen LogP contribution < -0.4 is 4.74 Å². The molecule has 0 fully saturated rings. The monoisotopic (exact) mass is 370 g/mol. The van der Waals surface area contributed by atoms with Gasteiger partial charge in [0.15, 0.2) is 0 Å². The maximum atomic E-state index is 5.67. The zero-order valence-electron chi connectivity index (χ0n) is 16.5. The molecule has 2 aromatic heterocycles. The molecule has 0 saturated carbocycles. The Kier molecular flexibility index (Phi) is 5.83. The average Bonchev–Trinajstić information content (AvgIpc) is 3.31. The second-order valence-electron chi connectivity index (χ2n) is 7.10. The zero-order valence-corrected chi connectivity index (χ0v) is 16.5. The molecule has 0 amide bonds. The maximum absolute atomic E-state index is 5.67. The van der Waals surface area contributed by atoms with Gasteiger partial charge in [0.1, 0.15) is 5.75 Å². The highest BCUT2D eigenvalue weighted by molar-refractivity contribution is 5.58. The lowest BCUT2D eigenvalue weighted by molar-refractivity contribution is 0.407. The van der Waals surface area contributed by atoms with Gasteiger partial charge in [0.2, 0.25) is 17.6 Å². The van der Waals surface area contributed by atoms with Crippen molar-refractivity contribution in [2.45, 2.75) is 58.9 Å². The first kappa shape index (κ1) is 19.0. The number of aromatic nitrogens is 6. The van der Waals surface area contributed by atoms with Crippen molar-refractivity contribution in [2.24, 2.45) is 0 Å². The Balaban J connectivity index is 1.71. The van der Waals surface area contributed by atoms with E-state index >= 15 is 0 Å². The fourth-order valence-corrected chi connectivity index (χ4v) is 2.70. The van der Waals surface area contributed by atoms with Gasteiger partial charge < -0.3 is 9.15 Å². The Morgan fingerprint density at radius 2 is 1.89 bits per heavy atom. The quantitative estimate of drug-likeness (QED) is 0.598. The van der Waals surface area contributed by atoms with E-state index in [0.717, 1.165) is 36.1 Å². The SMILES string of the molecule is COc1ccc(-c2nnn(C(C)C)n2)cc1CCCc1nnc(C(C)C)o1. The van der Waals surface area contributed by atoms with Gasteiger partial charge in [-0.3, -0.25) is 0 Å². The molecule has 27 heavy (non-hydrogen) atoms. The van der Waals surface area contributed by atoms with E-state index in [1.54, 1.807) is 11.9 Å². The maximum Gasteiger partial charge on any atom is 0.219 e. The summed E-state index contributed by atoms with van der Waals surface area (Å²) >= 11 is 0. The molecular weight excluding hydrogens is 344 g/mol. The van der Waals surface area contributed by atoms with Crippen LogP contribution in [0.4, 0.5) is 0 Å². The zero-order chi connectivity index (χ0) is 19.4. The summed E-state index contributed by atoms with van der Waals surface area (Å²) in [6.07, 6.45) is 2.44. The van der Waals surface area contributed by atoms with Gasteiger partial charge in [-0.05, 0) is 55.7 Å². The first-order chi connectivity index (χ1) is 13.0. The standard InChI is InChI=1S/C19H26N6O2/c1-12(2)19-22-20-17(27-19)8-6-7-14-11-15(9-10-16(14)26-5)18-21-24-25(23-18)13(3)4/h9-13H,6-8H2,1-5H3. The molecule has 1 aromatic carbocycles. The topological polar surface area (TPSA) is 91.8 Å². The number of methoxy groups -OCH3 is 1. The summed E-state index contributed by atoms with van der Waals surface area (Å²) in [6, 6.07) is 6.14. The number of nitrogens with zero attached hydrogens (tertiary/aromatic N) is 6. The molecule has 0 bridgehead atoms. The summed E-state index contributed by atoms with van der Waals surface area (Å²) < 4.78 is 11.2. The molecule has 0 saturated heterocycles. The summed E-state index contributed by atoms with van der Waals surface area (Å²) in [5.41, 5.74) is 2.03. The van der Waals surface area contributed by atoms with E-state index in [-0.39, 0.29) is 12.0 Å². The predicted octanol–water partition coefficient (Wildman–Crippen LogP) is 3.61. The van der Waals surface area contributed by atoms with Crippen LogP contribution in [0.5, 0.6) is 5.75 Å². The fourth-order valence-electron chi connectivity index (χ4n) is 2.70. The Hall–Kier alpha value is -2.77. The van der Waals surface area contributed by atoms with Crippen LogP contribution in [0, 0.1) is 0 Å². The predicted molar refractivity (Wildman–Crippen MR) is 101 cm³/mol. The third kappa shape index (κ3) is 4.50. The number of aryl methyl sites for hydroxylation is 2. The molecule has 0 N–H and O–H groups in total. The number of ether oxygens (including phenoxy) is 1.